The fourth-order valence-corrected chi connectivity index (χ4v) is 3.44. The average molecular weight is 358 g/mol. The van der Waals surface area contributed by atoms with Gasteiger partial charge in [-0.25, -0.2) is 0 Å². The second-order valence-corrected chi connectivity index (χ2v) is 6.47. The van der Waals surface area contributed by atoms with E-state index in [4.69, 9.17) is 0 Å². The van der Waals surface area contributed by atoms with E-state index in [1.165, 1.54) is 13.8 Å². The smallest absolute Gasteiger partial charge is 0.325 e. The van der Waals surface area contributed by atoms with Crippen molar-refractivity contribution in [2.24, 2.45) is 0 Å². The van der Waals surface area contributed by atoms with Gasteiger partial charge in [-0.1, -0.05) is 6.07 Å². The lowest BCUT2D eigenvalue weighted by atomic mass is 10.0. The van der Waals surface area contributed by atoms with Crippen LogP contribution in [0.25, 0.3) is 10.9 Å². The van der Waals surface area contributed by atoms with Gasteiger partial charge in [0.15, 0.2) is 0 Å². The number of rotatable bonds is 4. The van der Waals surface area contributed by atoms with E-state index in [1.54, 1.807) is 23.2 Å². The van der Waals surface area contributed by atoms with E-state index in [0.717, 1.165) is 10.9 Å². The molecule has 138 valence electrons. The predicted molar refractivity (Wildman–Crippen MR) is 96.8 cm³/mol. The van der Waals surface area contributed by atoms with Gasteiger partial charge in [-0.15, -0.1) is 0 Å². The first-order chi connectivity index (χ1) is 12.4. The third kappa shape index (κ3) is 3.55. The highest BCUT2D eigenvalue weighted by atomic mass is 16.4. The topological polar surface area (TPSA) is 106 Å². The normalized spacial score (nSPS) is 16.5. The molecule has 0 radical (unpaired) electrons. The van der Waals surface area contributed by atoms with Crippen molar-refractivity contribution in [2.75, 3.05) is 31.5 Å². The maximum atomic E-state index is 12.0. The third-order valence-corrected chi connectivity index (χ3v) is 4.69. The van der Waals surface area contributed by atoms with Crippen molar-refractivity contribution >= 4 is 34.4 Å². The van der Waals surface area contributed by atoms with Crippen LogP contribution in [0, 0.1) is 0 Å². The average Bonchev–Trinajstić information content (AvgIpc) is 2.97. The number of fused-ring (bicyclic) bond motifs is 1. The Morgan fingerprint density at radius 1 is 1.15 bits per heavy atom. The summed E-state index contributed by atoms with van der Waals surface area (Å²) < 4.78 is 0. The van der Waals surface area contributed by atoms with Crippen molar-refractivity contribution in [1.82, 2.24) is 14.8 Å². The van der Waals surface area contributed by atoms with Crippen molar-refractivity contribution in [3.63, 3.8) is 0 Å². The van der Waals surface area contributed by atoms with Crippen molar-refractivity contribution in [2.45, 2.75) is 19.9 Å². The summed E-state index contributed by atoms with van der Waals surface area (Å²) in [7, 11) is 0. The molecule has 3 N–H and O–H groups in total. The van der Waals surface area contributed by atoms with Gasteiger partial charge in [0.05, 0.1) is 0 Å². The monoisotopic (exact) mass is 358 g/mol. The Morgan fingerprint density at radius 2 is 1.85 bits per heavy atom. The van der Waals surface area contributed by atoms with E-state index in [0.29, 0.717) is 37.4 Å². The molecule has 1 aliphatic rings. The van der Waals surface area contributed by atoms with E-state index in [-0.39, 0.29) is 11.8 Å². The fraction of sp³-hybridized carbons (Fsp3) is 0.389. The Morgan fingerprint density at radius 3 is 2.42 bits per heavy atom. The number of benzene rings is 1. The zero-order valence-electron chi connectivity index (χ0n) is 14.8. The van der Waals surface area contributed by atoms with Crippen LogP contribution in [0.2, 0.25) is 0 Å². The molecule has 1 aliphatic heterocycles. The highest BCUT2D eigenvalue weighted by Gasteiger charge is 2.32. The van der Waals surface area contributed by atoms with Crippen LogP contribution in [0.5, 0.6) is 0 Å². The number of anilines is 1. The molecule has 2 amide bonds. The third-order valence-electron chi connectivity index (χ3n) is 4.69. The summed E-state index contributed by atoms with van der Waals surface area (Å²) in [4.78, 5) is 41.4. The lowest BCUT2D eigenvalue weighted by Crippen LogP contribution is -2.50. The number of aromatic amines is 1. The Labute approximate surface area is 150 Å². The van der Waals surface area contributed by atoms with Gasteiger partial charge in [0.1, 0.15) is 6.04 Å². The number of nitrogens with one attached hydrogen (secondary N) is 2. The quantitative estimate of drug-likeness (QED) is 0.766. The van der Waals surface area contributed by atoms with E-state index in [1.807, 2.05) is 11.0 Å². The van der Waals surface area contributed by atoms with Gasteiger partial charge in [0.2, 0.25) is 11.8 Å². The van der Waals surface area contributed by atoms with Crippen LogP contribution in [0.3, 0.4) is 0 Å². The molecule has 2 heterocycles. The molecule has 8 heteroatoms. The van der Waals surface area contributed by atoms with Crippen LogP contribution in [0.1, 0.15) is 25.5 Å². The van der Waals surface area contributed by atoms with E-state index in [9.17, 15) is 19.5 Å². The standard InChI is InChI=1S/C18H22N4O4/c1-11(23)20-13-3-4-14-15(10-19-16(14)9-13)17(18(25)26)22-7-5-21(6-8-22)12(2)24/h3-4,9-10,17,19H,5-8H2,1-2H3,(H,20,23)(H,25,26)/t17-/m0/s1. The maximum absolute atomic E-state index is 12.0. The maximum Gasteiger partial charge on any atom is 0.325 e. The Hall–Kier alpha value is -2.87. The highest BCUT2D eigenvalue weighted by molar-refractivity contribution is 5.94. The van der Waals surface area contributed by atoms with Crippen LogP contribution in [0.4, 0.5) is 5.69 Å². The number of carbonyl (C=O) groups is 3. The lowest BCUT2D eigenvalue weighted by Gasteiger charge is -2.37. The summed E-state index contributed by atoms with van der Waals surface area (Å²) in [6.45, 7) is 5.02. The van der Waals surface area contributed by atoms with Gasteiger partial charge in [0.25, 0.3) is 0 Å². The number of carbonyl (C=O) groups excluding carboxylic acids is 2. The minimum absolute atomic E-state index is 0.00844. The zero-order chi connectivity index (χ0) is 18.8. The molecule has 0 saturated carbocycles. The molecule has 1 aromatic heterocycles. The number of nitrogens with zero attached hydrogens (tertiary/aromatic N) is 2. The molecule has 1 atom stereocenters. The highest BCUT2D eigenvalue weighted by Crippen LogP contribution is 2.31. The molecule has 1 aromatic carbocycles. The van der Waals surface area contributed by atoms with Crippen molar-refractivity contribution in [3.8, 4) is 0 Å². The second kappa shape index (κ2) is 7.17. The molecule has 0 aliphatic carbocycles. The van der Waals surface area contributed by atoms with E-state index in [2.05, 4.69) is 10.3 Å². The number of carboxylic acids is 1. The van der Waals surface area contributed by atoms with Crippen molar-refractivity contribution < 1.29 is 19.5 Å². The number of hydrogen-bond donors (Lipinski definition) is 3. The Bertz CT molecular complexity index is 852. The van der Waals surface area contributed by atoms with Crippen LogP contribution in [0.15, 0.2) is 24.4 Å². The van der Waals surface area contributed by atoms with Crippen LogP contribution >= 0.6 is 0 Å². The van der Waals surface area contributed by atoms with Gasteiger partial charge in [-0.3, -0.25) is 19.3 Å². The van der Waals surface area contributed by atoms with Crippen LogP contribution in [-0.4, -0.2) is 63.9 Å². The minimum atomic E-state index is -0.923. The van der Waals surface area contributed by atoms with E-state index < -0.39 is 12.0 Å². The molecular formula is C18H22N4O4. The molecule has 1 fully saturated rings. The molecule has 3 rings (SSSR count). The van der Waals surface area contributed by atoms with E-state index >= 15 is 0 Å². The van der Waals surface area contributed by atoms with Gasteiger partial charge >= 0.3 is 5.97 Å². The largest absolute Gasteiger partial charge is 0.480 e. The Balaban J connectivity index is 1.88. The van der Waals surface area contributed by atoms with Gasteiger partial charge in [-0.2, -0.15) is 0 Å². The number of aliphatic carboxylic acids is 1. The summed E-state index contributed by atoms with van der Waals surface area (Å²) in [5.74, 6) is -1.08. The molecule has 0 unspecified atom stereocenters. The number of carboxylic acid groups (broad SMARTS) is 1. The van der Waals surface area contributed by atoms with Gasteiger partial charge in [-0.05, 0) is 12.1 Å². The summed E-state index contributed by atoms with van der Waals surface area (Å²) >= 11 is 0. The number of piperazine rings is 1. The molecule has 0 bridgehead atoms. The number of aromatic nitrogens is 1. The van der Waals surface area contributed by atoms with Gasteiger partial charge < -0.3 is 20.3 Å². The number of amides is 2. The summed E-state index contributed by atoms with van der Waals surface area (Å²) in [6, 6.07) is 4.57. The first kappa shape index (κ1) is 17.9. The molecule has 8 nitrogen and oxygen atoms in total. The zero-order valence-corrected chi connectivity index (χ0v) is 14.8. The van der Waals surface area contributed by atoms with Crippen LogP contribution in [-0.2, 0) is 14.4 Å². The molecular weight excluding hydrogens is 336 g/mol. The molecule has 1 saturated heterocycles. The van der Waals surface area contributed by atoms with Crippen molar-refractivity contribution in [1.29, 1.82) is 0 Å². The minimum Gasteiger partial charge on any atom is -0.480 e. The number of hydrogen-bond acceptors (Lipinski definition) is 4. The molecule has 26 heavy (non-hydrogen) atoms. The summed E-state index contributed by atoms with van der Waals surface area (Å²) in [6.07, 6.45) is 1.71. The first-order valence-corrected chi connectivity index (χ1v) is 8.48. The second-order valence-electron chi connectivity index (χ2n) is 6.47. The molecule has 0 spiro atoms. The van der Waals surface area contributed by atoms with Crippen molar-refractivity contribution in [3.05, 3.63) is 30.0 Å². The summed E-state index contributed by atoms with van der Waals surface area (Å²) in [5.41, 5.74) is 2.10. The summed E-state index contributed by atoms with van der Waals surface area (Å²) in [5, 5.41) is 13.3. The van der Waals surface area contributed by atoms with Gasteiger partial charge in [0, 0.05) is 68.4 Å². The predicted octanol–water partition coefficient (Wildman–Crippen LogP) is 1.42. The fourth-order valence-electron chi connectivity index (χ4n) is 3.44. The Kier molecular flexibility index (Phi) is 4.94. The van der Waals surface area contributed by atoms with Crippen LogP contribution < -0.4 is 5.32 Å². The number of H-pyrrole nitrogens is 1. The molecule has 2 aromatic rings. The lowest BCUT2D eigenvalue weighted by molar-refractivity contribution is -0.145. The SMILES string of the molecule is CC(=O)Nc1ccc2c([C@@H](C(=O)O)N3CCN(C(C)=O)CC3)c[nH]c2c1. The first-order valence-electron chi connectivity index (χ1n) is 8.48.